The van der Waals surface area contributed by atoms with Crippen molar-refractivity contribution < 1.29 is 9.53 Å². The molecule has 0 saturated carbocycles. The zero-order valence-corrected chi connectivity index (χ0v) is 8.14. The third-order valence-corrected chi connectivity index (χ3v) is 2.15. The Morgan fingerprint density at radius 2 is 2.47 bits per heavy atom. The molecule has 0 atom stereocenters. The average Bonchev–Trinajstić information content (AvgIpc) is 2.65. The number of pyridine rings is 1. The first-order chi connectivity index (χ1) is 7.29. The van der Waals surface area contributed by atoms with Gasteiger partial charge in [0.25, 0.3) is 0 Å². The van der Waals surface area contributed by atoms with E-state index in [0.717, 1.165) is 5.69 Å². The van der Waals surface area contributed by atoms with Gasteiger partial charge in [0, 0.05) is 0 Å². The molecule has 2 rings (SSSR count). The van der Waals surface area contributed by atoms with Crippen molar-refractivity contribution in [2.24, 2.45) is 5.84 Å². The zero-order valence-electron chi connectivity index (χ0n) is 8.14. The summed E-state index contributed by atoms with van der Waals surface area (Å²) in [5.41, 5.74) is 3.24. The van der Waals surface area contributed by atoms with E-state index in [2.05, 4.69) is 10.4 Å². The zero-order chi connectivity index (χ0) is 10.7. The molecule has 0 aliphatic carbocycles. The Morgan fingerprint density at radius 1 is 1.60 bits per heavy atom. The normalized spacial score (nSPS) is 15.3. The standard InChI is InChI=1S/C9H12N4O2/c10-12-8-3-1-2-7(11-8)6-13-4-5-15-9(13)14/h1-3H,4-6,10H2,(H,11,12). The first kappa shape index (κ1) is 9.72. The summed E-state index contributed by atoms with van der Waals surface area (Å²) in [4.78, 5) is 17.0. The van der Waals surface area contributed by atoms with Crippen LogP contribution in [0.2, 0.25) is 0 Å². The molecular weight excluding hydrogens is 196 g/mol. The van der Waals surface area contributed by atoms with Gasteiger partial charge in [-0.25, -0.2) is 15.6 Å². The smallest absolute Gasteiger partial charge is 0.410 e. The Hall–Kier alpha value is -1.82. The highest BCUT2D eigenvalue weighted by Gasteiger charge is 2.22. The van der Waals surface area contributed by atoms with Gasteiger partial charge in [0.1, 0.15) is 12.4 Å². The van der Waals surface area contributed by atoms with Crippen LogP contribution in [-0.2, 0) is 11.3 Å². The molecule has 2 heterocycles. The number of cyclic esters (lactones) is 1. The molecule has 1 aliphatic rings. The number of hydrazine groups is 1. The Labute approximate surface area is 87.0 Å². The molecule has 0 bridgehead atoms. The number of nitrogens with one attached hydrogen (secondary N) is 1. The van der Waals surface area contributed by atoms with Crippen LogP contribution in [0.5, 0.6) is 0 Å². The number of carbonyl (C=O) groups is 1. The van der Waals surface area contributed by atoms with E-state index in [1.807, 2.05) is 12.1 Å². The molecule has 6 heteroatoms. The molecular formula is C9H12N4O2. The number of nitrogens with two attached hydrogens (primary N) is 1. The number of hydrogen-bond acceptors (Lipinski definition) is 5. The molecule has 80 valence electrons. The third kappa shape index (κ3) is 2.16. The van der Waals surface area contributed by atoms with E-state index < -0.39 is 0 Å². The summed E-state index contributed by atoms with van der Waals surface area (Å²) in [6.45, 7) is 1.52. The van der Waals surface area contributed by atoms with Crippen LogP contribution in [0.15, 0.2) is 18.2 Å². The third-order valence-electron chi connectivity index (χ3n) is 2.15. The lowest BCUT2D eigenvalue weighted by molar-refractivity contribution is 0.157. The first-order valence-electron chi connectivity index (χ1n) is 4.64. The molecule has 3 N–H and O–H groups in total. The largest absolute Gasteiger partial charge is 0.448 e. The van der Waals surface area contributed by atoms with Gasteiger partial charge in [-0.15, -0.1) is 0 Å². The SMILES string of the molecule is NNc1cccc(CN2CCOC2=O)n1. The van der Waals surface area contributed by atoms with Gasteiger partial charge in [0.15, 0.2) is 0 Å². The van der Waals surface area contributed by atoms with Crippen molar-refractivity contribution in [2.45, 2.75) is 6.54 Å². The topological polar surface area (TPSA) is 80.5 Å². The van der Waals surface area contributed by atoms with E-state index in [9.17, 15) is 4.79 Å². The highest BCUT2D eigenvalue weighted by Crippen LogP contribution is 2.10. The first-order valence-corrected chi connectivity index (χ1v) is 4.64. The van der Waals surface area contributed by atoms with Gasteiger partial charge in [-0.1, -0.05) is 6.07 Å². The second-order valence-corrected chi connectivity index (χ2v) is 3.19. The van der Waals surface area contributed by atoms with Gasteiger partial charge in [-0.3, -0.25) is 4.90 Å². The summed E-state index contributed by atoms with van der Waals surface area (Å²) in [7, 11) is 0. The fraction of sp³-hybridized carbons (Fsp3) is 0.333. The fourth-order valence-electron chi connectivity index (χ4n) is 1.41. The highest BCUT2D eigenvalue weighted by molar-refractivity contribution is 5.69. The van der Waals surface area contributed by atoms with Gasteiger partial charge in [-0.05, 0) is 12.1 Å². The summed E-state index contributed by atoms with van der Waals surface area (Å²) < 4.78 is 4.81. The van der Waals surface area contributed by atoms with Crippen LogP contribution in [0.4, 0.5) is 10.6 Å². The number of nitrogen functional groups attached to an aromatic ring is 1. The van der Waals surface area contributed by atoms with Crippen molar-refractivity contribution in [3.63, 3.8) is 0 Å². The molecule has 0 unspecified atom stereocenters. The molecule has 1 aliphatic heterocycles. The van der Waals surface area contributed by atoms with E-state index in [1.54, 1.807) is 11.0 Å². The van der Waals surface area contributed by atoms with Crippen molar-refractivity contribution in [1.82, 2.24) is 9.88 Å². The van der Waals surface area contributed by atoms with Crippen molar-refractivity contribution >= 4 is 11.9 Å². The Kier molecular flexibility index (Phi) is 2.68. The average molecular weight is 208 g/mol. The molecule has 0 aromatic carbocycles. The molecule has 1 amide bonds. The van der Waals surface area contributed by atoms with E-state index in [1.165, 1.54) is 0 Å². The van der Waals surface area contributed by atoms with Gasteiger partial charge in [-0.2, -0.15) is 0 Å². The van der Waals surface area contributed by atoms with Crippen LogP contribution < -0.4 is 11.3 Å². The highest BCUT2D eigenvalue weighted by atomic mass is 16.6. The van der Waals surface area contributed by atoms with Crippen molar-refractivity contribution in [3.8, 4) is 0 Å². The van der Waals surface area contributed by atoms with Crippen LogP contribution >= 0.6 is 0 Å². The summed E-state index contributed by atoms with van der Waals surface area (Å²) >= 11 is 0. The fourth-order valence-corrected chi connectivity index (χ4v) is 1.41. The molecule has 15 heavy (non-hydrogen) atoms. The second-order valence-electron chi connectivity index (χ2n) is 3.19. The van der Waals surface area contributed by atoms with Crippen LogP contribution in [0.1, 0.15) is 5.69 Å². The Bertz CT molecular complexity index is 369. The number of anilines is 1. The van der Waals surface area contributed by atoms with E-state index in [4.69, 9.17) is 10.6 Å². The lowest BCUT2D eigenvalue weighted by Gasteiger charge is -2.12. The number of carbonyl (C=O) groups excluding carboxylic acids is 1. The van der Waals surface area contributed by atoms with E-state index in [0.29, 0.717) is 25.5 Å². The Balaban J connectivity index is 2.06. The van der Waals surface area contributed by atoms with Crippen LogP contribution in [0.25, 0.3) is 0 Å². The quantitative estimate of drug-likeness (QED) is 0.552. The van der Waals surface area contributed by atoms with Gasteiger partial charge in [0.2, 0.25) is 0 Å². The van der Waals surface area contributed by atoms with Gasteiger partial charge >= 0.3 is 6.09 Å². The summed E-state index contributed by atoms with van der Waals surface area (Å²) in [5, 5.41) is 0. The summed E-state index contributed by atoms with van der Waals surface area (Å²) in [6.07, 6.45) is -0.289. The maximum Gasteiger partial charge on any atom is 0.410 e. The lowest BCUT2D eigenvalue weighted by atomic mass is 10.3. The van der Waals surface area contributed by atoms with Crippen LogP contribution in [-0.4, -0.2) is 29.1 Å². The minimum atomic E-state index is -0.289. The molecule has 1 aromatic rings. The number of hydrogen-bond donors (Lipinski definition) is 2. The number of aromatic nitrogens is 1. The Morgan fingerprint density at radius 3 is 3.13 bits per heavy atom. The van der Waals surface area contributed by atoms with Crippen LogP contribution in [0, 0.1) is 0 Å². The number of ether oxygens (including phenoxy) is 1. The summed E-state index contributed by atoms with van der Waals surface area (Å²) in [5.74, 6) is 5.82. The van der Waals surface area contributed by atoms with E-state index >= 15 is 0 Å². The molecule has 1 saturated heterocycles. The number of nitrogens with zero attached hydrogens (tertiary/aromatic N) is 2. The van der Waals surface area contributed by atoms with Gasteiger partial charge in [0.05, 0.1) is 18.8 Å². The lowest BCUT2D eigenvalue weighted by Crippen LogP contribution is -2.24. The van der Waals surface area contributed by atoms with Crippen molar-refractivity contribution in [2.75, 3.05) is 18.6 Å². The maximum absolute atomic E-state index is 11.2. The minimum absolute atomic E-state index is 0.289. The van der Waals surface area contributed by atoms with Gasteiger partial charge < -0.3 is 10.2 Å². The van der Waals surface area contributed by atoms with Crippen LogP contribution in [0.3, 0.4) is 0 Å². The molecule has 0 spiro atoms. The van der Waals surface area contributed by atoms with E-state index in [-0.39, 0.29) is 6.09 Å². The molecule has 6 nitrogen and oxygen atoms in total. The summed E-state index contributed by atoms with van der Waals surface area (Å²) in [6, 6.07) is 5.43. The predicted molar refractivity (Wildman–Crippen MR) is 53.8 cm³/mol. The molecule has 1 aromatic heterocycles. The van der Waals surface area contributed by atoms with Crippen molar-refractivity contribution in [1.29, 1.82) is 0 Å². The predicted octanol–water partition coefficient (Wildman–Crippen LogP) is 0.319. The number of amides is 1. The monoisotopic (exact) mass is 208 g/mol. The maximum atomic E-state index is 11.2. The number of rotatable bonds is 3. The molecule has 0 radical (unpaired) electrons. The molecule has 1 fully saturated rings. The minimum Gasteiger partial charge on any atom is -0.448 e. The second kappa shape index (κ2) is 4.14. The van der Waals surface area contributed by atoms with Crippen molar-refractivity contribution in [3.05, 3.63) is 23.9 Å².